The van der Waals surface area contributed by atoms with Crippen molar-refractivity contribution in [1.82, 2.24) is 10.6 Å². The Morgan fingerprint density at radius 2 is 2.19 bits per heavy atom. The molecular weight excluding hydrogens is 217 g/mol. The fourth-order valence-electron chi connectivity index (χ4n) is 2.12. The van der Waals surface area contributed by atoms with Crippen LogP contribution in [0.4, 0.5) is 13.2 Å². The van der Waals surface area contributed by atoms with Crippen molar-refractivity contribution in [3.8, 4) is 0 Å². The first-order valence-electron chi connectivity index (χ1n) is 5.48. The predicted octanol–water partition coefficient (Wildman–Crippen LogP) is 1.96. The highest BCUT2D eigenvalue weighted by Gasteiger charge is 2.33. The van der Waals surface area contributed by atoms with Crippen LogP contribution in [-0.2, 0) is 0 Å². The van der Waals surface area contributed by atoms with Crippen molar-refractivity contribution in [3.05, 3.63) is 23.4 Å². The second-order valence-corrected chi connectivity index (χ2v) is 4.27. The average Bonchev–Trinajstić information content (AvgIpc) is 2.70. The van der Waals surface area contributed by atoms with E-state index in [1.165, 1.54) is 12.2 Å². The van der Waals surface area contributed by atoms with E-state index < -0.39 is 11.7 Å². The summed E-state index contributed by atoms with van der Waals surface area (Å²) in [5.41, 5.74) is 0.190. The summed E-state index contributed by atoms with van der Waals surface area (Å²) in [5.74, 6) is 0.464. The lowest BCUT2D eigenvalue weighted by Crippen LogP contribution is -2.24. The molecule has 2 aliphatic heterocycles. The molecule has 0 saturated carbocycles. The van der Waals surface area contributed by atoms with Crippen molar-refractivity contribution in [1.29, 1.82) is 0 Å². The Morgan fingerprint density at radius 1 is 1.38 bits per heavy atom. The maximum Gasteiger partial charge on any atom is 0.416 e. The Labute approximate surface area is 92.6 Å². The minimum atomic E-state index is -4.22. The van der Waals surface area contributed by atoms with E-state index in [1.54, 1.807) is 0 Å². The number of hydrogen-bond acceptors (Lipinski definition) is 2. The molecule has 90 valence electrons. The van der Waals surface area contributed by atoms with Crippen molar-refractivity contribution in [2.45, 2.75) is 19.0 Å². The van der Waals surface area contributed by atoms with Gasteiger partial charge in [0.05, 0.1) is 5.57 Å². The molecule has 0 aromatic rings. The topological polar surface area (TPSA) is 24.1 Å². The van der Waals surface area contributed by atoms with E-state index in [0.717, 1.165) is 19.5 Å². The first-order chi connectivity index (χ1) is 7.55. The first-order valence-corrected chi connectivity index (χ1v) is 5.48. The predicted molar refractivity (Wildman–Crippen MR) is 55.8 cm³/mol. The average molecular weight is 232 g/mol. The Balaban J connectivity index is 1.99. The molecule has 0 aliphatic carbocycles. The SMILES string of the molecule is FC(F)(F)C1=CCNC(CC2CCNC2)=C1. The smallest absolute Gasteiger partial charge is 0.385 e. The van der Waals surface area contributed by atoms with Crippen LogP contribution in [0.25, 0.3) is 0 Å². The quantitative estimate of drug-likeness (QED) is 0.760. The molecule has 0 bridgehead atoms. The van der Waals surface area contributed by atoms with E-state index in [1.807, 2.05) is 0 Å². The van der Waals surface area contributed by atoms with Crippen LogP contribution in [0.3, 0.4) is 0 Å². The molecule has 1 fully saturated rings. The number of rotatable bonds is 2. The molecule has 2 heterocycles. The second kappa shape index (κ2) is 4.49. The van der Waals surface area contributed by atoms with E-state index in [9.17, 15) is 13.2 Å². The standard InChI is InChI=1S/C11H15F3N2/c12-11(13,14)9-2-4-16-10(6-9)5-8-1-3-15-7-8/h2,6,8,15-16H,1,3-5,7H2. The summed E-state index contributed by atoms with van der Waals surface area (Å²) in [4.78, 5) is 0. The van der Waals surface area contributed by atoms with Crippen LogP contribution in [0.5, 0.6) is 0 Å². The first kappa shape index (κ1) is 11.5. The van der Waals surface area contributed by atoms with Gasteiger partial charge in [0, 0.05) is 12.2 Å². The summed E-state index contributed by atoms with van der Waals surface area (Å²) in [6, 6.07) is 0. The minimum Gasteiger partial charge on any atom is -0.385 e. The van der Waals surface area contributed by atoms with Crippen molar-refractivity contribution < 1.29 is 13.2 Å². The third-order valence-electron chi connectivity index (χ3n) is 2.98. The van der Waals surface area contributed by atoms with Gasteiger partial charge in [-0.15, -0.1) is 0 Å². The van der Waals surface area contributed by atoms with Gasteiger partial charge in [-0.05, 0) is 37.9 Å². The van der Waals surface area contributed by atoms with Crippen LogP contribution >= 0.6 is 0 Å². The van der Waals surface area contributed by atoms with Gasteiger partial charge < -0.3 is 10.6 Å². The molecule has 0 radical (unpaired) electrons. The normalized spacial score (nSPS) is 26.1. The van der Waals surface area contributed by atoms with Gasteiger partial charge in [0.1, 0.15) is 0 Å². The monoisotopic (exact) mass is 232 g/mol. The number of halogens is 3. The highest BCUT2D eigenvalue weighted by atomic mass is 19.4. The molecule has 1 atom stereocenters. The fourth-order valence-corrected chi connectivity index (χ4v) is 2.12. The summed E-state index contributed by atoms with van der Waals surface area (Å²) in [6.07, 6.45) is -0.0377. The summed E-state index contributed by atoms with van der Waals surface area (Å²) in [6.45, 7) is 2.16. The summed E-state index contributed by atoms with van der Waals surface area (Å²) in [7, 11) is 0. The zero-order valence-corrected chi connectivity index (χ0v) is 8.90. The highest BCUT2D eigenvalue weighted by molar-refractivity contribution is 5.31. The summed E-state index contributed by atoms with van der Waals surface area (Å²) < 4.78 is 37.4. The summed E-state index contributed by atoms with van der Waals surface area (Å²) >= 11 is 0. The number of nitrogens with one attached hydrogen (secondary N) is 2. The molecule has 2 aliphatic rings. The third kappa shape index (κ3) is 2.78. The molecule has 5 heteroatoms. The molecule has 2 nitrogen and oxygen atoms in total. The lowest BCUT2D eigenvalue weighted by atomic mass is 9.99. The van der Waals surface area contributed by atoms with Gasteiger partial charge in [0.15, 0.2) is 0 Å². The second-order valence-electron chi connectivity index (χ2n) is 4.27. The summed E-state index contributed by atoms with van der Waals surface area (Å²) in [5, 5.41) is 6.22. The third-order valence-corrected chi connectivity index (χ3v) is 2.98. The lowest BCUT2D eigenvalue weighted by Gasteiger charge is -2.20. The van der Waals surface area contributed by atoms with Crippen molar-refractivity contribution >= 4 is 0 Å². The van der Waals surface area contributed by atoms with E-state index in [0.29, 0.717) is 18.0 Å². The molecule has 0 aromatic carbocycles. The molecule has 1 saturated heterocycles. The molecule has 2 rings (SSSR count). The largest absolute Gasteiger partial charge is 0.416 e. The molecule has 2 N–H and O–H groups in total. The minimum absolute atomic E-state index is 0.279. The lowest BCUT2D eigenvalue weighted by molar-refractivity contribution is -0.0887. The van der Waals surface area contributed by atoms with Gasteiger partial charge in [0.2, 0.25) is 0 Å². The van der Waals surface area contributed by atoms with E-state index in [-0.39, 0.29) is 6.54 Å². The van der Waals surface area contributed by atoms with Gasteiger partial charge in [-0.2, -0.15) is 13.2 Å². The highest BCUT2D eigenvalue weighted by Crippen LogP contribution is 2.29. The number of dihydropyridines is 1. The Morgan fingerprint density at radius 3 is 2.81 bits per heavy atom. The van der Waals surface area contributed by atoms with E-state index >= 15 is 0 Å². The molecular formula is C11H15F3N2. The van der Waals surface area contributed by atoms with Crippen molar-refractivity contribution in [3.63, 3.8) is 0 Å². The van der Waals surface area contributed by atoms with Crippen LogP contribution in [0.15, 0.2) is 23.4 Å². The Kier molecular flexibility index (Phi) is 3.23. The fraction of sp³-hybridized carbons (Fsp3) is 0.636. The maximum absolute atomic E-state index is 12.5. The molecule has 0 spiro atoms. The molecule has 1 unspecified atom stereocenters. The van der Waals surface area contributed by atoms with E-state index in [2.05, 4.69) is 10.6 Å². The molecule has 16 heavy (non-hydrogen) atoms. The zero-order chi connectivity index (χ0) is 11.6. The molecule has 0 amide bonds. The number of alkyl halides is 3. The van der Waals surface area contributed by atoms with Gasteiger partial charge in [-0.25, -0.2) is 0 Å². The van der Waals surface area contributed by atoms with E-state index in [4.69, 9.17) is 0 Å². The van der Waals surface area contributed by atoms with Crippen molar-refractivity contribution in [2.75, 3.05) is 19.6 Å². The number of allylic oxidation sites excluding steroid dienone is 3. The van der Waals surface area contributed by atoms with Crippen LogP contribution in [0.2, 0.25) is 0 Å². The van der Waals surface area contributed by atoms with Crippen LogP contribution < -0.4 is 10.6 Å². The Hall–Kier alpha value is -0.970. The van der Waals surface area contributed by atoms with Gasteiger partial charge in [-0.3, -0.25) is 0 Å². The number of hydrogen-bond donors (Lipinski definition) is 2. The van der Waals surface area contributed by atoms with Gasteiger partial charge in [-0.1, -0.05) is 6.08 Å². The zero-order valence-electron chi connectivity index (χ0n) is 8.90. The van der Waals surface area contributed by atoms with Crippen LogP contribution in [0.1, 0.15) is 12.8 Å². The van der Waals surface area contributed by atoms with Gasteiger partial charge in [0.25, 0.3) is 0 Å². The molecule has 0 aromatic heterocycles. The maximum atomic E-state index is 12.5. The van der Waals surface area contributed by atoms with Crippen molar-refractivity contribution in [2.24, 2.45) is 5.92 Å². The van der Waals surface area contributed by atoms with Crippen LogP contribution in [-0.4, -0.2) is 25.8 Å². The van der Waals surface area contributed by atoms with Crippen LogP contribution in [0, 0.1) is 5.92 Å². The Bertz CT molecular complexity index is 312. The van der Waals surface area contributed by atoms with Gasteiger partial charge >= 0.3 is 6.18 Å².